The summed E-state index contributed by atoms with van der Waals surface area (Å²) >= 11 is 0. The summed E-state index contributed by atoms with van der Waals surface area (Å²) in [5.41, 5.74) is 4.22. The molecule has 3 heterocycles. The Labute approximate surface area is 136 Å². The number of hydrogen-bond acceptors (Lipinski definition) is 5. The summed E-state index contributed by atoms with van der Waals surface area (Å²) in [4.78, 5) is 31.3. The molecule has 3 aliphatic heterocycles. The highest BCUT2D eigenvalue weighted by atomic mass is 19.1. The highest BCUT2D eigenvalue weighted by molar-refractivity contribution is 6.23. The molecule has 122 valence electrons. The minimum absolute atomic E-state index is 0.327. The lowest BCUT2D eigenvalue weighted by atomic mass is 10.1. The predicted molar refractivity (Wildman–Crippen MR) is 83.4 cm³/mol. The third kappa shape index (κ3) is 1.94. The summed E-state index contributed by atoms with van der Waals surface area (Å²) in [6.07, 6.45) is 0. The summed E-state index contributed by atoms with van der Waals surface area (Å²) in [5, 5.41) is 4.25. The van der Waals surface area contributed by atoms with Crippen molar-refractivity contribution >= 4 is 29.4 Å². The number of halogens is 1. The number of aliphatic imine (C=N–C) groups is 1. The van der Waals surface area contributed by atoms with Gasteiger partial charge in [0, 0.05) is 19.7 Å². The molecule has 1 saturated heterocycles. The number of guanidine groups is 1. The van der Waals surface area contributed by atoms with Gasteiger partial charge < -0.3 is 0 Å². The summed E-state index contributed by atoms with van der Waals surface area (Å²) < 4.78 is 14.8. The van der Waals surface area contributed by atoms with Crippen molar-refractivity contribution in [3.63, 3.8) is 0 Å². The summed E-state index contributed by atoms with van der Waals surface area (Å²) in [6, 6.07) is 4.87. The van der Waals surface area contributed by atoms with Crippen LogP contribution in [-0.4, -0.2) is 70.5 Å². The number of hydrazone groups is 1. The molecule has 1 N–H and O–H groups in total. The number of hydrogen-bond donors (Lipinski definition) is 1. The second-order valence-corrected chi connectivity index (χ2v) is 5.74. The van der Waals surface area contributed by atoms with Crippen LogP contribution in [0.4, 0.5) is 9.18 Å². The van der Waals surface area contributed by atoms with Crippen LogP contribution in [0.3, 0.4) is 0 Å². The molecule has 0 aliphatic carbocycles. The minimum atomic E-state index is -0.675. The van der Waals surface area contributed by atoms with Gasteiger partial charge in [-0.25, -0.2) is 13.8 Å². The molecule has 1 atom stereocenters. The highest BCUT2D eigenvalue weighted by Crippen LogP contribution is 2.20. The normalized spacial score (nSPS) is 22.9. The third-order valence-corrected chi connectivity index (χ3v) is 4.32. The zero-order valence-electron chi connectivity index (χ0n) is 13.0. The SMILES string of the molecule is CN1C(=O)C2C(=NC3=[N+]2CC(c2ccc(F)cc2)=NN3)N(C)C1=O. The molecule has 0 spiro atoms. The second kappa shape index (κ2) is 4.95. The van der Waals surface area contributed by atoms with Crippen molar-refractivity contribution < 1.29 is 18.6 Å². The predicted octanol–water partition coefficient (Wildman–Crippen LogP) is -0.194. The molecular weight excluding hydrogens is 315 g/mol. The average Bonchev–Trinajstić information content (AvgIpc) is 2.97. The largest absolute Gasteiger partial charge is 0.414 e. The van der Waals surface area contributed by atoms with Gasteiger partial charge in [0.25, 0.3) is 5.91 Å². The molecule has 1 fully saturated rings. The number of benzene rings is 1. The number of likely N-dealkylation sites (N-methyl/N-ethyl adjacent to an activating group) is 2. The van der Waals surface area contributed by atoms with Crippen molar-refractivity contribution in [1.82, 2.24) is 15.2 Å². The van der Waals surface area contributed by atoms with Gasteiger partial charge >= 0.3 is 12.0 Å². The maximum atomic E-state index is 13.1. The fraction of sp³-hybridized carbons (Fsp3) is 0.267. The number of imide groups is 1. The molecule has 24 heavy (non-hydrogen) atoms. The topological polar surface area (TPSA) is 80.4 Å². The zero-order chi connectivity index (χ0) is 17.0. The van der Waals surface area contributed by atoms with Gasteiger partial charge in [-0.2, -0.15) is 5.43 Å². The Kier molecular flexibility index (Phi) is 2.99. The molecule has 0 radical (unpaired) electrons. The van der Waals surface area contributed by atoms with E-state index < -0.39 is 12.1 Å². The second-order valence-electron chi connectivity index (χ2n) is 5.74. The van der Waals surface area contributed by atoms with Gasteiger partial charge in [0.2, 0.25) is 11.9 Å². The number of amidine groups is 1. The van der Waals surface area contributed by atoms with E-state index in [1.807, 2.05) is 0 Å². The van der Waals surface area contributed by atoms with Crippen LogP contribution in [0.1, 0.15) is 5.56 Å². The van der Waals surface area contributed by atoms with Crippen LogP contribution in [0.15, 0.2) is 34.4 Å². The van der Waals surface area contributed by atoms with E-state index in [0.717, 1.165) is 10.5 Å². The number of nitrogens with one attached hydrogen (secondary N) is 1. The first-order chi connectivity index (χ1) is 11.5. The Morgan fingerprint density at radius 3 is 2.62 bits per heavy atom. The smallest absolute Gasteiger partial charge is 0.270 e. The maximum absolute atomic E-state index is 13.1. The molecule has 8 nitrogen and oxygen atoms in total. The standard InChI is InChI=1S/C15H13FN6O2/c1-20-12-11(13(23)21(2)15(20)24)22-7-10(18-19-14(22)17-12)8-3-5-9(16)6-4-8/h3-6,11H,7H2,1-2H3/p+1. The number of nitrogens with zero attached hydrogens (tertiary/aromatic N) is 5. The summed E-state index contributed by atoms with van der Waals surface area (Å²) in [7, 11) is 3.03. The van der Waals surface area contributed by atoms with Gasteiger partial charge in [-0.15, -0.1) is 5.10 Å². The molecule has 0 saturated carbocycles. The van der Waals surface area contributed by atoms with Gasteiger partial charge in [0.05, 0.1) is 0 Å². The fourth-order valence-electron chi connectivity index (χ4n) is 2.97. The van der Waals surface area contributed by atoms with E-state index in [-0.39, 0.29) is 11.7 Å². The number of carbonyl (C=O) groups excluding carboxylic acids is 2. The van der Waals surface area contributed by atoms with Crippen molar-refractivity contribution in [2.24, 2.45) is 10.1 Å². The Bertz CT molecular complexity index is 857. The van der Waals surface area contributed by atoms with Crippen LogP contribution in [0.2, 0.25) is 0 Å². The van der Waals surface area contributed by atoms with Crippen LogP contribution in [-0.2, 0) is 4.79 Å². The molecule has 0 aromatic heterocycles. The van der Waals surface area contributed by atoms with Crippen LogP contribution in [0.5, 0.6) is 0 Å². The quantitative estimate of drug-likeness (QED) is 0.725. The van der Waals surface area contributed by atoms with E-state index in [4.69, 9.17) is 0 Å². The average molecular weight is 329 g/mol. The van der Waals surface area contributed by atoms with Crippen molar-refractivity contribution in [2.75, 3.05) is 20.6 Å². The Morgan fingerprint density at radius 2 is 1.92 bits per heavy atom. The first-order valence-electron chi connectivity index (χ1n) is 7.33. The number of urea groups is 1. The monoisotopic (exact) mass is 329 g/mol. The van der Waals surface area contributed by atoms with E-state index in [1.54, 1.807) is 23.8 Å². The van der Waals surface area contributed by atoms with Gasteiger partial charge in [-0.3, -0.25) is 14.6 Å². The number of rotatable bonds is 1. The van der Waals surface area contributed by atoms with Crippen LogP contribution >= 0.6 is 0 Å². The minimum Gasteiger partial charge on any atom is -0.270 e. The lowest BCUT2D eigenvalue weighted by Crippen LogP contribution is -2.62. The van der Waals surface area contributed by atoms with Crippen LogP contribution in [0, 0.1) is 5.82 Å². The van der Waals surface area contributed by atoms with Crippen molar-refractivity contribution in [1.29, 1.82) is 0 Å². The number of amides is 3. The Balaban J connectivity index is 1.66. The lowest BCUT2D eigenvalue weighted by molar-refractivity contribution is -0.524. The Morgan fingerprint density at radius 1 is 1.21 bits per heavy atom. The molecule has 0 bridgehead atoms. The highest BCUT2D eigenvalue weighted by Gasteiger charge is 2.52. The van der Waals surface area contributed by atoms with E-state index in [2.05, 4.69) is 15.5 Å². The van der Waals surface area contributed by atoms with Crippen molar-refractivity contribution in [3.8, 4) is 0 Å². The number of carbonyl (C=O) groups is 2. The molecule has 9 heteroatoms. The molecular formula is C15H14FN6O2+. The van der Waals surface area contributed by atoms with Crippen LogP contribution < -0.4 is 5.43 Å². The van der Waals surface area contributed by atoms with E-state index in [1.165, 1.54) is 24.1 Å². The van der Waals surface area contributed by atoms with E-state index >= 15 is 0 Å². The van der Waals surface area contributed by atoms with Gasteiger partial charge in [-0.05, 0) is 12.1 Å². The molecule has 1 aromatic rings. The number of fused-ring (bicyclic) bond motifs is 2. The van der Waals surface area contributed by atoms with Crippen LogP contribution in [0.25, 0.3) is 0 Å². The molecule has 4 rings (SSSR count). The van der Waals surface area contributed by atoms with Gasteiger partial charge in [0.1, 0.15) is 18.1 Å². The molecule has 3 aliphatic rings. The first-order valence-corrected chi connectivity index (χ1v) is 7.33. The molecule has 1 unspecified atom stereocenters. The van der Waals surface area contributed by atoms with E-state index in [0.29, 0.717) is 24.1 Å². The third-order valence-electron chi connectivity index (χ3n) is 4.32. The summed E-state index contributed by atoms with van der Waals surface area (Å²) in [6.45, 7) is 0.327. The van der Waals surface area contributed by atoms with Gasteiger partial charge in [0.15, 0.2) is 0 Å². The van der Waals surface area contributed by atoms with Gasteiger partial charge in [-0.1, -0.05) is 17.1 Å². The fourth-order valence-corrected chi connectivity index (χ4v) is 2.97. The molecule has 1 aromatic carbocycles. The molecule has 3 amide bonds. The lowest BCUT2D eigenvalue weighted by Gasteiger charge is -2.32. The summed E-state index contributed by atoms with van der Waals surface area (Å²) in [5.74, 6) is 0.130. The van der Waals surface area contributed by atoms with Crippen molar-refractivity contribution in [2.45, 2.75) is 6.04 Å². The Hall–Kier alpha value is -3.10. The maximum Gasteiger partial charge on any atom is 0.414 e. The van der Waals surface area contributed by atoms with E-state index in [9.17, 15) is 14.0 Å². The first kappa shape index (κ1) is 14.5. The zero-order valence-corrected chi connectivity index (χ0v) is 13.0. The van der Waals surface area contributed by atoms with Crippen molar-refractivity contribution in [3.05, 3.63) is 35.6 Å².